The Kier molecular flexibility index (Phi) is 1.99. The van der Waals surface area contributed by atoms with Gasteiger partial charge in [-0.05, 0) is 6.07 Å². The van der Waals surface area contributed by atoms with Crippen LogP contribution in [0.25, 0.3) is 0 Å². The van der Waals surface area contributed by atoms with Gasteiger partial charge < -0.3 is 10.7 Å². The van der Waals surface area contributed by atoms with Crippen molar-refractivity contribution in [3.05, 3.63) is 24.0 Å². The summed E-state index contributed by atoms with van der Waals surface area (Å²) >= 11 is 0. The Morgan fingerprint density at radius 3 is 3.00 bits per heavy atom. The predicted octanol–water partition coefficient (Wildman–Crippen LogP) is 1.12. The molecule has 10 heavy (non-hydrogen) atoms. The monoisotopic (exact) mass is 135 g/mol. The van der Waals surface area contributed by atoms with Crippen molar-refractivity contribution in [3.63, 3.8) is 0 Å². The molecule has 0 aromatic carbocycles. The van der Waals surface area contributed by atoms with Gasteiger partial charge in [-0.15, -0.1) is 0 Å². The van der Waals surface area contributed by atoms with Crippen molar-refractivity contribution in [3.8, 4) is 0 Å². The van der Waals surface area contributed by atoms with Gasteiger partial charge in [0.15, 0.2) is 0 Å². The zero-order valence-corrected chi connectivity index (χ0v) is 5.76. The van der Waals surface area contributed by atoms with Crippen LogP contribution in [0.2, 0.25) is 0 Å². The van der Waals surface area contributed by atoms with E-state index < -0.39 is 0 Å². The minimum absolute atomic E-state index is 0.810. The van der Waals surface area contributed by atoms with Gasteiger partial charge in [0.2, 0.25) is 0 Å². The zero-order valence-electron chi connectivity index (χ0n) is 5.76. The number of anilines is 1. The van der Waals surface area contributed by atoms with Gasteiger partial charge in [-0.3, -0.25) is 4.98 Å². The van der Waals surface area contributed by atoms with E-state index in [2.05, 4.69) is 10.3 Å². The number of pyridine rings is 1. The molecular formula is C7H9N3. The van der Waals surface area contributed by atoms with Crippen LogP contribution in [0.3, 0.4) is 0 Å². The SMILES string of the molecule is CNc1ccncc1C=N. The summed E-state index contributed by atoms with van der Waals surface area (Å²) in [5, 5.41) is 9.94. The van der Waals surface area contributed by atoms with Crippen molar-refractivity contribution in [1.82, 2.24) is 4.98 Å². The molecule has 3 nitrogen and oxygen atoms in total. The third-order valence-corrected chi connectivity index (χ3v) is 1.28. The van der Waals surface area contributed by atoms with Gasteiger partial charge in [0.05, 0.1) is 0 Å². The second-order valence-electron chi connectivity index (χ2n) is 1.86. The van der Waals surface area contributed by atoms with E-state index in [-0.39, 0.29) is 0 Å². The Balaban J connectivity index is 3.08. The Morgan fingerprint density at radius 2 is 2.50 bits per heavy atom. The Bertz CT molecular complexity index is 232. The molecule has 0 bridgehead atoms. The highest BCUT2D eigenvalue weighted by atomic mass is 14.8. The minimum Gasteiger partial charge on any atom is -0.388 e. The summed E-state index contributed by atoms with van der Waals surface area (Å²) in [5.74, 6) is 0. The van der Waals surface area contributed by atoms with Crippen LogP contribution in [0, 0.1) is 5.41 Å². The molecular weight excluding hydrogens is 126 g/mol. The maximum atomic E-state index is 6.98. The second kappa shape index (κ2) is 2.96. The molecule has 0 aliphatic rings. The third kappa shape index (κ3) is 1.13. The summed E-state index contributed by atoms with van der Waals surface area (Å²) in [4.78, 5) is 3.87. The van der Waals surface area contributed by atoms with Crippen LogP contribution < -0.4 is 5.32 Å². The standard InChI is InChI=1S/C7H9N3/c1-9-7-2-3-10-5-6(7)4-8/h2-5,8H,1H3,(H,9,10). The van der Waals surface area contributed by atoms with Gasteiger partial charge in [0, 0.05) is 36.9 Å². The highest BCUT2D eigenvalue weighted by Gasteiger charge is 1.93. The summed E-state index contributed by atoms with van der Waals surface area (Å²) in [6.07, 6.45) is 4.62. The largest absolute Gasteiger partial charge is 0.388 e. The van der Waals surface area contributed by atoms with E-state index in [0.29, 0.717) is 0 Å². The van der Waals surface area contributed by atoms with Crippen molar-refractivity contribution in [1.29, 1.82) is 5.41 Å². The molecule has 0 fully saturated rings. The normalized spacial score (nSPS) is 8.90. The average Bonchev–Trinajstić information content (AvgIpc) is 2.04. The van der Waals surface area contributed by atoms with Crippen LogP contribution in [0.1, 0.15) is 5.56 Å². The van der Waals surface area contributed by atoms with E-state index >= 15 is 0 Å². The molecule has 2 N–H and O–H groups in total. The number of nitrogens with one attached hydrogen (secondary N) is 2. The van der Waals surface area contributed by atoms with Gasteiger partial charge in [-0.1, -0.05) is 0 Å². The zero-order chi connectivity index (χ0) is 7.40. The fourth-order valence-electron chi connectivity index (χ4n) is 0.749. The van der Waals surface area contributed by atoms with E-state index in [4.69, 9.17) is 5.41 Å². The van der Waals surface area contributed by atoms with Crippen molar-refractivity contribution in [2.45, 2.75) is 0 Å². The van der Waals surface area contributed by atoms with E-state index in [1.54, 1.807) is 12.4 Å². The summed E-state index contributed by atoms with van der Waals surface area (Å²) in [6.45, 7) is 0. The highest BCUT2D eigenvalue weighted by molar-refractivity contribution is 5.84. The molecule has 1 aromatic heterocycles. The van der Waals surface area contributed by atoms with Crippen molar-refractivity contribution >= 4 is 11.9 Å². The van der Waals surface area contributed by atoms with E-state index in [1.807, 2.05) is 13.1 Å². The summed E-state index contributed by atoms with van der Waals surface area (Å²) in [7, 11) is 1.82. The number of rotatable bonds is 2. The molecule has 0 spiro atoms. The van der Waals surface area contributed by atoms with E-state index in [1.165, 1.54) is 6.21 Å². The van der Waals surface area contributed by atoms with Crippen LogP contribution in [-0.2, 0) is 0 Å². The second-order valence-corrected chi connectivity index (χ2v) is 1.86. The summed E-state index contributed by atoms with van der Waals surface area (Å²) in [6, 6.07) is 1.83. The molecule has 0 aliphatic carbocycles. The molecule has 3 heteroatoms. The number of hydrogen-bond donors (Lipinski definition) is 2. The third-order valence-electron chi connectivity index (χ3n) is 1.28. The lowest BCUT2D eigenvalue weighted by atomic mass is 10.2. The molecule has 0 unspecified atom stereocenters. The molecule has 0 saturated heterocycles. The first-order chi connectivity index (χ1) is 4.88. The molecule has 1 aromatic rings. The number of nitrogens with zero attached hydrogens (tertiary/aromatic N) is 1. The van der Waals surface area contributed by atoms with Gasteiger partial charge in [-0.2, -0.15) is 0 Å². The lowest BCUT2D eigenvalue weighted by Crippen LogP contribution is -1.93. The molecule has 1 rings (SSSR count). The Labute approximate surface area is 59.6 Å². The number of aromatic nitrogens is 1. The van der Waals surface area contributed by atoms with Gasteiger partial charge >= 0.3 is 0 Å². The molecule has 0 aliphatic heterocycles. The molecule has 0 radical (unpaired) electrons. The van der Waals surface area contributed by atoms with Crippen molar-refractivity contribution < 1.29 is 0 Å². The predicted molar refractivity (Wildman–Crippen MR) is 41.7 cm³/mol. The minimum atomic E-state index is 0.810. The van der Waals surface area contributed by atoms with Crippen molar-refractivity contribution in [2.24, 2.45) is 0 Å². The molecule has 1 heterocycles. The fourth-order valence-corrected chi connectivity index (χ4v) is 0.749. The Hall–Kier alpha value is -1.38. The van der Waals surface area contributed by atoms with Gasteiger partial charge in [-0.25, -0.2) is 0 Å². The quantitative estimate of drug-likeness (QED) is 0.597. The Morgan fingerprint density at radius 1 is 1.70 bits per heavy atom. The number of hydrogen-bond acceptors (Lipinski definition) is 3. The van der Waals surface area contributed by atoms with Gasteiger partial charge in [0.1, 0.15) is 0 Å². The van der Waals surface area contributed by atoms with E-state index in [0.717, 1.165) is 11.3 Å². The maximum Gasteiger partial charge on any atom is 0.0457 e. The first-order valence-corrected chi connectivity index (χ1v) is 3.00. The van der Waals surface area contributed by atoms with Crippen LogP contribution in [0.4, 0.5) is 5.69 Å². The first-order valence-electron chi connectivity index (χ1n) is 3.00. The summed E-state index contributed by atoms with van der Waals surface area (Å²) in [5.41, 5.74) is 1.75. The van der Waals surface area contributed by atoms with Crippen LogP contribution in [0.5, 0.6) is 0 Å². The maximum absolute atomic E-state index is 6.98. The fraction of sp³-hybridized carbons (Fsp3) is 0.143. The van der Waals surface area contributed by atoms with Gasteiger partial charge in [0.25, 0.3) is 0 Å². The van der Waals surface area contributed by atoms with Crippen LogP contribution in [0.15, 0.2) is 18.5 Å². The average molecular weight is 135 g/mol. The molecule has 0 saturated carbocycles. The summed E-state index contributed by atoms with van der Waals surface area (Å²) < 4.78 is 0. The topological polar surface area (TPSA) is 48.8 Å². The lowest BCUT2D eigenvalue weighted by molar-refractivity contribution is 1.30. The van der Waals surface area contributed by atoms with E-state index in [9.17, 15) is 0 Å². The van der Waals surface area contributed by atoms with Crippen LogP contribution in [-0.4, -0.2) is 18.2 Å². The molecule has 0 atom stereocenters. The molecule has 52 valence electrons. The highest BCUT2D eigenvalue weighted by Crippen LogP contribution is 2.08. The molecule has 0 amide bonds. The van der Waals surface area contributed by atoms with Crippen LogP contribution >= 0.6 is 0 Å². The van der Waals surface area contributed by atoms with Crippen molar-refractivity contribution in [2.75, 3.05) is 12.4 Å². The first kappa shape index (κ1) is 6.74. The lowest BCUT2D eigenvalue weighted by Gasteiger charge is -2.00. The smallest absolute Gasteiger partial charge is 0.0457 e.